The van der Waals surface area contributed by atoms with Gasteiger partial charge in [-0.15, -0.1) is 0 Å². The fraction of sp³-hybridized carbons (Fsp3) is 0. The molecule has 0 atom stereocenters. The van der Waals surface area contributed by atoms with E-state index in [0.717, 1.165) is 77.9 Å². The average Bonchev–Trinajstić information content (AvgIpc) is 3.79. The Bertz CT molecular complexity index is 3110. The van der Waals surface area contributed by atoms with Crippen LogP contribution >= 0.6 is 0 Å². The van der Waals surface area contributed by atoms with Crippen molar-refractivity contribution in [2.24, 2.45) is 0 Å². The van der Waals surface area contributed by atoms with Crippen molar-refractivity contribution in [2.45, 2.75) is 0 Å². The predicted molar refractivity (Wildman–Crippen MR) is 220 cm³/mol. The quantitative estimate of drug-likeness (QED) is 0.174. The Labute approximate surface area is 305 Å². The zero-order valence-electron chi connectivity index (χ0n) is 28.5. The summed E-state index contributed by atoms with van der Waals surface area (Å²) in [6.07, 6.45) is 0. The number of para-hydroxylation sites is 5. The molecule has 0 saturated carbocycles. The van der Waals surface area contributed by atoms with Gasteiger partial charge >= 0.3 is 0 Å². The van der Waals surface area contributed by atoms with Crippen LogP contribution in [-0.4, -0.2) is 6.71 Å². The first kappa shape index (κ1) is 28.7. The number of hydrogen-bond acceptors (Lipinski definition) is 4. The number of benzene rings is 8. The van der Waals surface area contributed by atoms with E-state index >= 15 is 0 Å². The van der Waals surface area contributed by atoms with Gasteiger partial charge in [0, 0.05) is 50.0 Å². The summed E-state index contributed by atoms with van der Waals surface area (Å²) in [5.74, 6) is 0. The van der Waals surface area contributed by atoms with E-state index in [4.69, 9.17) is 8.83 Å². The number of hydrogen-bond donors (Lipinski definition) is 0. The smallest absolute Gasteiger partial charge is 0.252 e. The van der Waals surface area contributed by atoms with Crippen LogP contribution in [0.2, 0.25) is 0 Å². The standard InChI is InChI=1S/C48H29BN2O2/c1-2-13-30(14-3-1)31-27-42-47-43(28-31)51(41-22-12-17-35-33-15-4-11-24-45(33)53-48(35)41)40-21-9-7-19-38(40)49(47)37-18-6-8-20-39(37)50(42)32-25-26-46-36(29-32)34-16-5-10-23-44(34)52-46/h1-29H. The van der Waals surface area contributed by atoms with Crippen LogP contribution in [0.3, 0.4) is 0 Å². The summed E-state index contributed by atoms with van der Waals surface area (Å²) in [7, 11) is 0. The fourth-order valence-corrected chi connectivity index (χ4v) is 8.99. The third kappa shape index (κ3) is 4.02. The Kier molecular flexibility index (Phi) is 5.83. The SMILES string of the molecule is c1ccc(-c2cc3c4c(c2)N(c2cccc5c2oc2ccccc25)c2ccccc2B4c2ccccc2N3c2ccc3oc4ccccc4c3c2)cc1. The molecule has 0 unspecified atom stereocenters. The Balaban J connectivity index is 1.20. The average molecular weight is 677 g/mol. The van der Waals surface area contributed by atoms with Crippen molar-refractivity contribution in [1.29, 1.82) is 0 Å². The van der Waals surface area contributed by atoms with Crippen molar-refractivity contribution >= 4 is 101 Å². The van der Waals surface area contributed by atoms with Gasteiger partial charge < -0.3 is 18.6 Å². The maximum Gasteiger partial charge on any atom is 0.252 e. The molecular formula is C48H29BN2O2. The molecule has 2 aliphatic heterocycles. The van der Waals surface area contributed by atoms with Gasteiger partial charge in [0.1, 0.15) is 16.7 Å². The first-order valence-corrected chi connectivity index (χ1v) is 18.1. The van der Waals surface area contributed by atoms with Gasteiger partial charge in [0.05, 0.1) is 5.69 Å². The molecule has 0 aliphatic carbocycles. The summed E-state index contributed by atoms with van der Waals surface area (Å²) in [5, 5.41) is 4.45. The van der Waals surface area contributed by atoms with Crippen LogP contribution in [-0.2, 0) is 0 Å². The molecule has 4 heterocycles. The number of nitrogens with zero attached hydrogens (tertiary/aromatic N) is 2. The first-order valence-electron chi connectivity index (χ1n) is 18.1. The lowest BCUT2D eigenvalue weighted by Gasteiger charge is -2.44. The minimum Gasteiger partial charge on any atom is -0.456 e. The maximum atomic E-state index is 6.73. The largest absolute Gasteiger partial charge is 0.456 e. The van der Waals surface area contributed by atoms with E-state index in [1.54, 1.807) is 0 Å². The summed E-state index contributed by atoms with van der Waals surface area (Å²) in [5.41, 5.74) is 16.4. The lowest BCUT2D eigenvalue weighted by molar-refractivity contribution is 0.668. The van der Waals surface area contributed by atoms with E-state index in [1.165, 1.54) is 27.6 Å². The first-order chi connectivity index (χ1) is 26.3. The molecule has 0 spiro atoms. The van der Waals surface area contributed by atoms with Crippen LogP contribution in [0.4, 0.5) is 34.1 Å². The van der Waals surface area contributed by atoms with Gasteiger partial charge in [0.25, 0.3) is 6.71 Å². The lowest BCUT2D eigenvalue weighted by Crippen LogP contribution is -2.61. The van der Waals surface area contributed by atoms with E-state index in [9.17, 15) is 0 Å². The van der Waals surface area contributed by atoms with Crippen LogP contribution in [0, 0.1) is 0 Å². The molecule has 8 aromatic carbocycles. The zero-order valence-corrected chi connectivity index (χ0v) is 28.5. The second kappa shape index (κ2) is 10.8. The summed E-state index contributed by atoms with van der Waals surface area (Å²) >= 11 is 0. The Hall–Kier alpha value is -6.98. The molecule has 53 heavy (non-hydrogen) atoms. The van der Waals surface area contributed by atoms with Crippen molar-refractivity contribution in [3.05, 3.63) is 176 Å². The second-order valence-corrected chi connectivity index (χ2v) is 14.0. The molecule has 4 nitrogen and oxygen atoms in total. The van der Waals surface area contributed by atoms with Gasteiger partial charge in [-0.25, -0.2) is 0 Å². The molecule has 2 aliphatic rings. The van der Waals surface area contributed by atoms with Crippen molar-refractivity contribution < 1.29 is 8.83 Å². The second-order valence-electron chi connectivity index (χ2n) is 14.0. The summed E-state index contributed by atoms with van der Waals surface area (Å²) in [6.45, 7) is 0.0260. The predicted octanol–water partition coefficient (Wildman–Crippen LogP) is 11.2. The normalized spacial score (nSPS) is 13.2. The number of fused-ring (bicyclic) bond motifs is 10. The van der Waals surface area contributed by atoms with Crippen molar-refractivity contribution in [3.63, 3.8) is 0 Å². The highest BCUT2D eigenvalue weighted by atomic mass is 16.3. The molecule has 246 valence electrons. The van der Waals surface area contributed by atoms with Crippen LogP contribution < -0.4 is 26.2 Å². The topological polar surface area (TPSA) is 32.8 Å². The van der Waals surface area contributed by atoms with Crippen LogP contribution in [0.15, 0.2) is 185 Å². The Morgan fingerprint density at radius 2 is 0.925 bits per heavy atom. The van der Waals surface area contributed by atoms with E-state index < -0.39 is 0 Å². The molecule has 0 amide bonds. The van der Waals surface area contributed by atoms with Gasteiger partial charge in [-0.1, -0.05) is 115 Å². The van der Waals surface area contributed by atoms with E-state index in [1.807, 2.05) is 18.2 Å². The van der Waals surface area contributed by atoms with Crippen LogP contribution in [0.5, 0.6) is 0 Å². The third-order valence-corrected chi connectivity index (χ3v) is 11.2. The van der Waals surface area contributed by atoms with Gasteiger partial charge in [-0.3, -0.25) is 0 Å². The number of anilines is 6. The molecule has 0 saturated heterocycles. The van der Waals surface area contributed by atoms with E-state index in [2.05, 4.69) is 168 Å². The van der Waals surface area contributed by atoms with Gasteiger partial charge in [0.2, 0.25) is 0 Å². The molecule has 0 bridgehead atoms. The molecule has 2 aromatic heterocycles. The molecule has 10 aromatic rings. The molecule has 0 radical (unpaired) electrons. The highest BCUT2D eigenvalue weighted by molar-refractivity contribution is 7.00. The maximum absolute atomic E-state index is 6.73. The van der Waals surface area contributed by atoms with Crippen LogP contribution in [0.1, 0.15) is 0 Å². The summed E-state index contributed by atoms with van der Waals surface area (Å²) in [6, 6.07) is 63.1. The van der Waals surface area contributed by atoms with E-state index in [0.29, 0.717) is 0 Å². The molecule has 0 fully saturated rings. The molecular weight excluding hydrogens is 647 g/mol. The highest BCUT2D eigenvalue weighted by Gasteiger charge is 2.43. The molecule has 12 rings (SSSR count). The Morgan fingerprint density at radius 1 is 0.358 bits per heavy atom. The zero-order chi connectivity index (χ0) is 34.6. The lowest BCUT2D eigenvalue weighted by atomic mass is 9.33. The van der Waals surface area contributed by atoms with Crippen molar-refractivity contribution in [1.82, 2.24) is 0 Å². The minimum atomic E-state index is 0.0260. The molecule has 5 heteroatoms. The Morgan fingerprint density at radius 3 is 1.70 bits per heavy atom. The molecule has 0 N–H and O–H groups in total. The third-order valence-electron chi connectivity index (χ3n) is 11.2. The van der Waals surface area contributed by atoms with Crippen LogP contribution in [0.25, 0.3) is 55.0 Å². The van der Waals surface area contributed by atoms with Gasteiger partial charge in [0.15, 0.2) is 5.58 Å². The van der Waals surface area contributed by atoms with E-state index in [-0.39, 0.29) is 6.71 Å². The minimum absolute atomic E-state index is 0.0260. The fourth-order valence-electron chi connectivity index (χ4n) is 8.99. The summed E-state index contributed by atoms with van der Waals surface area (Å²) < 4.78 is 13.0. The highest BCUT2D eigenvalue weighted by Crippen LogP contribution is 2.48. The van der Waals surface area contributed by atoms with Crippen molar-refractivity contribution in [3.8, 4) is 11.1 Å². The van der Waals surface area contributed by atoms with Gasteiger partial charge in [-0.2, -0.15) is 0 Å². The summed E-state index contributed by atoms with van der Waals surface area (Å²) in [4.78, 5) is 4.91. The number of furan rings is 2. The van der Waals surface area contributed by atoms with Crippen molar-refractivity contribution in [2.75, 3.05) is 9.80 Å². The number of rotatable bonds is 3. The monoisotopic (exact) mass is 676 g/mol. The van der Waals surface area contributed by atoms with Gasteiger partial charge in [-0.05, 0) is 88.2 Å².